The summed E-state index contributed by atoms with van der Waals surface area (Å²) in [5.74, 6) is 1.84. The maximum absolute atomic E-state index is 5.87. The standard InChI is InChI=1S/C15H24N2O/c1-11(2)17(9-12-4-5-12)10-13-8-14(16)6-7-15(13)18-3/h6-8,11-12H,4-5,9-10,16H2,1-3H3. The molecule has 0 aliphatic heterocycles. The van der Waals surface area contributed by atoms with Crippen LogP contribution in [0, 0.1) is 5.92 Å². The van der Waals surface area contributed by atoms with Gasteiger partial charge in [0.15, 0.2) is 0 Å². The van der Waals surface area contributed by atoms with Gasteiger partial charge in [0.05, 0.1) is 7.11 Å². The van der Waals surface area contributed by atoms with Crippen LogP contribution in [0.15, 0.2) is 18.2 Å². The highest BCUT2D eigenvalue weighted by Gasteiger charge is 2.25. The van der Waals surface area contributed by atoms with Crippen molar-refractivity contribution in [1.82, 2.24) is 4.90 Å². The van der Waals surface area contributed by atoms with Gasteiger partial charge < -0.3 is 10.5 Å². The first kappa shape index (κ1) is 13.2. The second kappa shape index (κ2) is 5.61. The van der Waals surface area contributed by atoms with E-state index in [1.165, 1.54) is 24.9 Å². The van der Waals surface area contributed by atoms with Gasteiger partial charge in [0.1, 0.15) is 5.75 Å². The normalized spacial score (nSPS) is 15.4. The van der Waals surface area contributed by atoms with Crippen molar-refractivity contribution < 1.29 is 4.74 Å². The lowest BCUT2D eigenvalue weighted by Gasteiger charge is -2.27. The van der Waals surface area contributed by atoms with Crippen molar-refractivity contribution in [2.24, 2.45) is 5.92 Å². The molecule has 2 rings (SSSR count). The average molecular weight is 248 g/mol. The van der Waals surface area contributed by atoms with Crippen molar-refractivity contribution in [2.45, 2.75) is 39.3 Å². The molecule has 0 amide bonds. The number of nitrogens with two attached hydrogens (primary N) is 1. The summed E-state index contributed by atoms with van der Waals surface area (Å²) in [6.07, 6.45) is 2.77. The third-order valence-corrected chi connectivity index (χ3v) is 3.60. The van der Waals surface area contributed by atoms with Crippen molar-refractivity contribution >= 4 is 5.69 Å². The van der Waals surface area contributed by atoms with Gasteiger partial charge in [-0.3, -0.25) is 4.90 Å². The van der Waals surface area contributed by atoms with Crippen molar-refractivity contribution in [2.75, 3.05) is 19.4 Å². The second-order valence-corrected chi connectivity index (χ2v) is 5.54. The van der Waals surface area contributed by atoms with Gasteiger partial charge >= 0.3 is 0 Å². The van der Waals surface area contributed by atoms with E-state index < -0.39 is 0 Å². The predicted molar refractivity (Wildman–Crippen MR) is 75.7 cm³/mol. The molecule has 1 aromatic carbocycles. The summed E-state index contributed by atoms with van der Waals surface area (Å²) < 4.78 is 5.42. The first-order chi connectivity index (χ1) is 8.60. The fourth-order valence-electron chi connectivity index (χ4n) is 2.23. The van der Waals surface area contributed by atoms with Crippen LogP contribution < -0.4 is 10.5 Å². The Morgan fingerprint density at radius 2 is 2.11 bits per heavy atom. The molecule has 3 nitrogen and oxygen atoms in total. The van der Waals surface area contributed by atoms with E-state index in [0.717, 1.165) is 23.9 Å². The summed E-state index contributed by atoms with van der Waals surface area (Å²) in [5.41, 5.74) is 7.87. The van der Waals surface area contributed by atoms with E-state index in [2.05, 4.69) is 18.7 Å². The van der Waals surface area contributed by atoms with Crippen LogP contribution in [0.5, 0.6) is 5.75 Å². The third kappa shape index (κ3) is 3.39. The molecule has 1 fully saturated rings. The Bertz CT molecular complexity index is 399. The molecule has 0 spiro atoms. The van der Waals surface area contributed by atoms with Crippen LogP contribution in [0.2, 0.25) is 0 Å². The lowest BCUT2D eigenvalue weighted by molar-refractivity contribution is 0.201. The number of benzene rings is 1. The molecular weight excluding hydrogens is 224 g/mol. The van der Waals surface area contributed by atoms with E-state index >= 15 is 0 Å². The van der Waals surface area contributed by atoms with Crippen molar-refractivity contribution in [1.29, 1.82) is 0 Å². The molecule has 1 aliphatic carbocycles. The maximum Gasteiger partial charge on any atom is 0.123 e. The quantitative estimate of drug-likeness (QED) is 0.787. The lowest BCUT2D eigenvalue weighted by Crippen LogP contribution is -2.32. The molecular formula is C15H24N2O. The fourth-order valence-corrected chi connectivity index (χ4v) is 2.23. The van der Waals surface area contributed by atoms with Crippen LogP contribution in [-0.4, -0.2) is 24.6 Å². The Morgan fingerprint density at radius 1 is 1.39 bits per heavy atom. The monoisotopic (exact) mass is 248 g/mol. The smallest absolute Gasteiger partial charge is 0.123 e. The first-order valence-corrected chi connectivity index (χ1v) is 6.76. The van der Waals surface area contributed by atoms with Gasteiger partial charge in [0.2, 0.25) is 0 Å². The molecule has 0 aromatic heterocycles. The number of ether oxygens (including phenoxy) is 1. The zero-order chi connectivity index (χ0) is 13.1. The van der Waals surface area contributed by atoms with E-state index in [0.29, 0.717) is 6.04 Å². The van der Waals surface area contributed by atoms with Gasteiger partial charge in [0.25, 0.3) is 0 Å². The minimum atomic E-state index is 0.553. The Hall–Kier alpha value is -1.22. The number of rotatable bonds is 6. The molecule has 0 atom stereocenters. The summed E-state index contributed by atoms with van der Waals surface area (Å²) >= 11 is 0. The van der Waals surface area contributed by atoms with E-state index in [-0.39, 0.29) is 0 Å². The number of hydrogen-bond donors (Lipinski definition) is 1. The predicted octanol–water partition coefficient (Wildman–Crippen LogP) is 2.90. The Balaban J connectivity index is 2.11. The van der Waals surface area contributed by atoms with Crippen molar-refractivity contribution in [3.8, 4) is 5.75 Å². The van der Waals surface area contributed by atoms with Gasteiger partial charge in [0, 0.05) is 30.4 Å². The van der Waals surface area contributed by atoms with E-state index in [1.807, 2.05) is 18.2 Å². The zero-order valence-corrected chi connectivity index (χ0v) is 11.6. The highest BCUT2D eigenvalue weighted by Crippen LogP contribution is 2.32. The molecule has 18 heavy (non-hydrogen) atoms. The molecule has 0 radical (unpaired) electrons. The van der Waals surface area contributed by atoms with Gasteiger partial charge in [-0.25, -0.2) is 0 Å². The zero-order valence-electron chi connectivity index (χ0n) is 11.6. The van der Waals surface area contributed by atoms with E-state index in [9.17, 15) is 0 Å². The summed E-state index contributed by atoms with van der Waals surface area (Å²) in [6, 6.07) is 6.43. The summed E-state index contributed by atoms with van der Waals surface area (Å²) in [4.78, 5) is 2.51. The highest BCUT2D eigenvalue weighted by molar-refractivity contribution is 5.47. The Kier molecular flexibility index (Phi) is 4.12. The van der Waals surface area contributed by atoms with Gasteiger partial charge in [-0.15, -0.1) is 0 Å². The summed E-state index contributed by atoms with van der Waals surface area (Å²) in [5, 5.41) is 0. The Morgan fingerprint density at radius 3 is 2.67 bits per heavy atom. The molecule has 0 heterocycles. The van der Waals surface area contributed by atoms with Gasteiger partial charge in [-0.05, 0) is 50.8 Å². The summed E-state index contributed by atoms with van der Waals surface area (Å²) in [6.45, 7) is 6.61. The number of hydrogen-bond acceptors (Lipinski definition) is 3. The van der Waals surface area contributed by atoms with Crippen molar-refractivity contribution in [3.05, 3.63) is 23.8 Å². The van der Waals surface area contributed by atoms with Gasteiger partial charge in [-0.1, -0.05) is 0 Å². The van der Waals surface area contributed by atoms with Crippen LogP contribution in [0.3, 0.4) is 0 Å². The lowest BCUT2D eigenvalue weighted by atomic mass is 10.1. The molecule has 100 valence electrons. The minimum absolute atomic E-state index is 0.553. The van der Waals surface area contributed by atoms with E-state index in [1.54, 1.807) is 7.11 Å². The molecule has 2 N–H and O–H groups in total. The first-order valence-electron chi connectivity index (χ1n) is 6.76. The number of nitrogens with zero attached hydrogens (tertiary/aromatic N) is 1. The SMILES string of the molecule is COc1ccc(N)cc1CN(CC1CC1)C(C)C. The van der Waals surface area contributed by atoms with Crippen LogP contribution >= 0.6 is 0 Å². The van der Waals surface area contributed by atoms with Crippen molar-refractivity contribution in [3.63, 3.8) is 0 Å². The molecule has 0 unspecified atom stereocenters. The molecule has 1 aliphatic rings. The largest absolute Gasteiger partial charge is 0.496 e. The average Bonchev–Trinajstić information content (AvgIpc) is 3.12. The Labute approximate surface area is 110 Å². The van der Waals surface area contributed by atoms with Crippen LogP contribution in [0.25, 0.3) is 0 Å². The minimum Gasteiger partial charge on any atom is -0.496 e. The molecule has 1 aromatic rings. The summed E-state index contributed by atoms with van der Waals surface area (Å²) in [7, 11) is 1.72. The number of methoxy groups -OCH3 is 1. The highest BCUT2D eigenvalue weighted by atomic mass is 16.5. The number of anilines is 1. The van der Waals surface area contributed by atoms with Crippen LogP contribution in [0.1, 0.15) is 32.3 Å². The molecule has 0 saturated heterocycles. The van der Waals surface area contributed by atoms with Crippen LogP contribution in [0.4, 0.5) is 5.69 Å². The van der Waals surface area contributed by atoms with Crippen LogP contribution in [-0.2, 0) is 6.54 Å². The molecule has 0 bridgehead atoms. The van der Waals surface area contributed by atoms with Gasteiger partial charge in [-0.2, -0.15) is 0 Å². The topological polar surface area (TPSA) is 38.5 Å². The molecule has 3 heteroatoms. The second-order valence-electron chi connectivity index (χ2n) is 5.54. The molecule has 1 saturated carbocycles. The number of nitrogen functional groups attached to an aromatic ring is 1. The van der Waals surface area contributed by atoms with E-state index in [4.69, 9.17) is 10.5 Å². The fraction of sp³-hybridized carbons (Fsp3) is 0.600. The maximum atomic E-state index is 5.87. The third-order valence-electron chi connectivity index (χ3n) is 3.60.